The highest BCUT2D eigenvalue weighted by molar-refractivity contribution is 5.65. The van der Waals surface area contributed by atoms with E-state index in [1.807, 2.05) is 6.07 Å². The monoisotopic (exact) mass is 289 g/mol. The van der Waals surface area contributed by atoms with Crippen LogP contribution in [0.4, 0.5) is 4.79 Å². The lowest BCUT2D eigenvalue weighted by atomic mass is 10.0. The molecule has 1 aromatic carbocycles. The minimum atomic E-state index is -0.789. The van der Waals surface area contributed by atoms with E-state index in [-0.39, 0.29) is 0 Å². The van der Waals surface area contributed by atoms with Gasteiger partial charge in [0.05, 0.1) is 0 Å². The predicted molar refractivity (Wildman–Crippen MR) is 81.3 cm³/mol. The van der Waals surface area contributed by atoms with Gasteiger partial charge < -0.3 is 10.0 Å². The topological polar surface area (TPSA) is 47.0 Å². The summed E-state index contributed by atoms with van der Waals surface area (Å²) in [5, 5.41) is 9.19. The second-order valence-electron chi connectivity index (χ2n) is 6.15. The largest absolute Gasteiger partial charge is 0.465 e. The second kappa shape index (κ2) is 6.03. The Morgan fingerprint density at radius 3 is 2.67 bits per heavy atom. The van der Waals surface area contributed by atoms with Gasteiger partial charge in [0.15, 0.2) is 0 Å². The zero-order chi connectivity index (χ0) is 14.8. The molecule has 2 saturated heterocycles. The third-order valence-electron chi connectivity index (χ3n) is 4.61. The Kier molecular flexibility index (Phi) is 4.12. The van der Waals surface area contributed by atoms with Gasteiger partial charge in [0.1, 0.15) is 0 Å². The number of piperazine rings is 2. The summed E-state index contributed by atoms with van der Waals surface area (Å²) in [5.41, 5.74) is 1.32. The molecule has 21 heavy (non-hydrogen) atoms. The maximum Gasteiger partial charge on any atom is 0.407 e. The Labute approximate surface area is 125 Å². The average molecular weight is 289 g/mol. The van der Waals surface area contributed by atoms with Gasteiger partial charge in [0.25, 0.3) is 0 Å². The molecule has 2 unspecified atom stereocenters. The van der Waals surface area contributed by atoms with Crippen molar-refractivity contribution in [3.05, 3.63) is 35.9 Å². The molecule has 5 nitrogen and oxygen atoms in total. The number of hydrogen-bond acceptors (Lipinski definition) is 3. The first kappa shape index (κ1) is 14.4. The van der Waals surface area contributed by atoms with Gasteiger partial charge in [-0.25, -0.2) is 4.79 Å². The zero-order valence-corrected chi connectivity index (χ0v) is 12.5. The van der Waals surface area contributed by atoms with Crippen molar-refractivity contribution in [2.75, 3.05) is 32.7 Å². The number of rotatable bonds is 2. The van der Waals surface area contributed by atoms with Gasteiger partial charge in [0, 0.05) is 51.4 Å². The van der Waals surface area contributed by atoms with Crippen LogP contribution in [-0.4, -0.2) is 70.7 Å². The highest BCUT2D eigenvalue weighted by Gasteiger charge is 2.37. The van der Waals surface area contributed by atoms with Crippen LogP contribution in [0.2, 0.25) is 0 Å². The van der Waals surface area contributed by atoms with Crippen LogP contribution in [-0.2, 0) is 6.54 Å². The minimum Gasteiger partial charge on any atom is -0.465 e. The van der Waals surface area contributed by atoms with E-state index in [9.17, 15) is 9.90 Å². The van der Waals surface area contributed by atoms with E-state index in [0.29, 0.717) is 25.2 Å². The van der Waals surface area contributed by atoms with Crippen LogP contribution in [0, 0.1) is 0 Å². The molecule has 114 valence electrons. The van der Waals surface area contributed by atoms with Gasteiger partial charge in [0.2, 0.25) is 0 Å². The van der Waals surface area contributed by atoms with Gasteiger partial charge in [-0.2, -0.15) is 0 Å². The Hall–Kier alpha value is -1.59. The van der Waals surface area contributed by atoms with Crippen LogP contribution < -0.4 is 0 Å². The molecule has 0 bridgehead atoms. The molecule has 0 aliphatic carbocycles. The van der Waals surface area contributed by atoms with Crippen molar-refractivity contribution < 1.29 is 9.90 Å². The molecular weight excluding hydrogens is 266 g/mol. The summed E-state index contributed by atoms with van der Waals surface area (Å²) in [4.78, 5) is 17.7. The van der Waals surface area contributed by atoms with Crippen LogP contribution in [0.25, 0.3) is 0 Å². The molecule has 3 rings (SSSR count). The first-order valence-corrected chi connectivity index (χ1v) is 7.63. The van der Waals surface area contributed by atoms with Crippen LogP contribution in [0.3, 0.4) is 0 Å². The van der Waals surface area contributed by atoms with Crippen molar-refractivity contribution >= 4 is 6.09 Å². The lowest BCUT2D eigenvalue weighted by Crippen LogP contribution is -2.65. The summed E-state index contributed by atoms with van der Waals surface area (Å²) < 4.78 is 0. The fourth-order valence-electron chi connectivity index (χ4n) is 3.61. The van der Waals surface area contributed by atoms with Crippen molar-refractivity contribution in [1.82, 2.24) is 14.7 Å². The zero-order valence-electron chi connectivity index (χ0n) is 12.5. The minimum absolute atomic E-state index is 0.322. The van der Waals surface area contributed by atoms with Crippen LogP contribution in [0.1, 0.15) is 12.5 Å². The van der Waals surface area contributed by atoms with Crippen LogP contribution >= 0.6 is 0 Å². The molecule has 2 heterocycles. The number of nitrogens with zero attached hydrogens (tertiary/aromatic N) is 3. The SMILES string of the molecule is CC1CN(Cc2ccccc2)CC2CN(C(=O)O)CCN12. The molecule has 0 saturated carbocycles. The summed E-state index contributed by atoms with van der Waals surface area (Å²) in [6, 6.07) is 11.3. The summed E-state index contributed by atoms with van der Waals surface area (Å²) in [5.74, 6) is 0. The van der Waals surface area contributed by atoms with E-state index in [1.54, 1.807) is 4.90 Å². The average Bonchev–Trinajstić information content (AvgIpc) is 2.47. The normalized spacial score (nSPS) is 27.4. The van der Waals surface area contributed by atoms with Crippen molar-refractivity contribution in [2.24, 2.45) is 0 Å². The van der Waals surface area contributed by atoms with Crippen molar-refractivity contribution in [2.45, 2.75) is 25.6 Å². The Morgan fingerprint density at radius 1 is 1.19 bits per heavy atom. The lowest BCUT2D eigenvalue weighted by Gasteiger charge is -2.50. The second-order valence-corrected chi connectivity index (χ2v) is 6.15. The number of carbonyl (C=O) groups is 1. The molecule has 1 amide bonds. The fraction of sp³-hybridized carbons (Fsp3) is 0.562. The van der Waals surface area contributed by atoms with E-state index in [0.717, 1.165) is 26.2 Å². The maximum absolute atomic E-state index is 11.2. The van der Waals surface area contributed by atoms with E-state index in [2.05, 4.69) is 41.0 Å². The highest BCUT2D eigenvalue weighted by atomic mass is 16.4. The van der Waals surface area contributed by atoms with Gasteiger partial charge in [-0.05, 0) is 12.5 Å². The number of amides is 1. The molecule has 2 aliphatic rings. The van der Waals surface area contributed by atoms with Crippen LogP contribution in [0.15, 0.2) is 30.3 Å². The Bertz CT molecular complexity index is 494. The van der Waals surface area contributed by atoms with Gasteiger partial charge in [-0.1, -0.05) is 30.3 Å². The Balaban J connectivity index is 1.66. The number of carboxylic acid groups (broad SMARTS) is 1. The summed E-state index contributed by atoms with van der Waals surface area (Å²) in [6.07, 6.45) is -0.789. The number of fused-ring (bicyclic) bond motifs is 1. The fourth-order valence-corrected chi connectivity index (χ4v) is 3.61. The predicted octanol–water partition coefficient (Wildman–Crippen LogP) is 1.55. The van der Waals surface area contributed by atoms with E-state index >= 15 is 0 Å². The summed E-state index contributed by atoms with van der Waals surface area (Å²) in [7, 11) is 0. The number of benzene rings is 1. The van der Waals surface area contributed by atoms with E-state index in [4.69, 9.17) is 0 Å². The van der Waals surface area contributed by atoms with Crippen molar-refractivity contribution in [1.29, 1.82) is 0 Å². The van der Waals surface area contributed by atoms with E-state index in [1.165, 1.54) is 5.56 Å². The van der Waals surface area contributed by atoms with Crippen molar-refractivity contribution in [3.63, 3.8) is 0 Å². The standard InChI is InChI=1S/C16H23N3O2/c1-13-9-17(10-14-5-3-2-4-6-14)11-15-12-18(16(20)21)7-8-19(13)15/h2-6,13,15H,7-12H2,1H3,(H,20,21). The summed E-state index contributed by atoms with van der Waals surface area (Å²) >= 11 is 0. The molecule has 1 N–H and O–H groups in total. The molecule has 5 heteroatoms. The quantitative estimate of drug-likeness (QED) is 0.897. The lowest BCUT2D eigenvalue weighted by molar-refractivity contribution is -0.0184. The molecule has 2 atom stereocenters. The maximum atomic E-state index is 11.2. The molecule has 1 aromatic rings. The van der Waals surface area contributed by atoms with E-state index < -0.39 is 6.09 Å². The van der Waals surface area contributed by atoms with Gasteiger partial charge in [-0.15, -0.1) is 0 Å². The first-order valence-electron chi connectivity index (χ1n) is 7.63. The van der Waals surface area contributed by atoms with Gasteiger partial charge >= 0.3 is 6.09 Å². The highest BCUT2D eigenvalue weighted by Crippen LogP contribution is 2.21. The van der Waals surface area contributed by atoms with Gasteiger partial charge in [-0.3, -0.25) is 9.80 Å². The molecular formula is C16H23N3O2. The summed E-state index contributed by atoms with van der Waals surface area (Å²) in [6.45, 7) is 7.32. The molecule has 0 spiro atoms. The molecule has 2 fully saturated rings. The van der Waals surface area contributed by atoms with Crippen molar-refractivity contribution in [3.8, 4) is 0 Å². The molecule has 2 aliphatic heterocycles. The van der Waals surface area contributed by atoms with Crippen LogP contribution in [0.5, 0.6) is 0 Å². The third kappa shape index (κ3) is 3.19. The Morgan fingerprint density at radius 2 is 1.95 bits per heavy atom. The molecule has 0 radical (unpaired) electrons. The molecule has 0 aromatic heterocycles. The number of hydrogen-bond donors (Lipinski definition) is 1. The third-order valence-corrected chi connectivity index (χ3v) is 4.61. The smallest absolute Gasteiger partial charge is 0.407 e. The first-order chi connectivity index (χ1) is 10.1.